The molecule has 1 nitrogen and oxygen atoms in total. The zero-order chi connectivity index (χ0) is 11.4. The fourth-order valence-corrected chi connectivity index (χ4v) is 1.78. The van der Waals surface area contributed by atoms with Gasteiger partial charge in [-0.05, 0) is 17.7 Å². The highest BCUT2D eigenvalue weighted by atomic mass is 15.1. The second-order valence-electron chi connectivity index (χ2n) is 4.17. The molecule has 0 unspecified atom stereocenters. The van der Waals surface area contributed by atoms with Gasteiger partial charge in [-0.25, -0.2) is 0 Å². The van der Waals surface area contributed by atoms with Gasteiger partial charge in [0.1, 0.15) is 0 Å². The second-order valence-corrected chi connectivity index (χ2v) is 4.17. The zero-order valence-corrected chi connectivity index (χ0v) is 9.80. The number of hydrogen-bond donors (Lipinski definition) is 0. The van der Waals surface area contributed by atoms with Crippen LogP contribution in [0.25, 0.3) is 0 Å². The van der Waals surface area contributed by atoms with Crippen LogP contribution in [0.5, 0.6) is 0 Å². The van der Waals surface area contributed by atoms with Crippen molar-refractivity contribution in [1.29, 1.82) is 0 Å². The Morgan fingerprint density at radius 2 is 1.38 bits per heavy atom. The summed E-state index contributed by atoms with van der Waals surface area (Å²) in [5.74, 6) is 0.395. The Morgan fingerprint density at radius 1 is 0.812 bits per heavy atom. The smallest absolute Gasteiger partial charge is 0.0361 e. The molecule has 2 rings (SSSR count). The lowest BCUT2D eigenvalue weighted by molar-refractivity contribution is 1.07. The van der Waals surface area contributed by atoms with E-state index in [1.807, 2.05) is 0 Å². The average Bonchev–Trinajstić information content (AvgIpc) is 2.57. The highest BCUT2D eigenvalue weighted by Crippen LogP contribution is 2.23. The lowest BCUT2D eigenvalue weighted by atomic mass is 9.98. The van der Waals surface area contributed by atoms with Gasteiger partial charge in [-0.2, -0.15) is 0 Å². The van der Waals surface area contributed by atoms with E-state index in [-0.39, 0.29) is 0 Å². The van der Waals surface area contributed by atoms with Crippen LogP contribution < -0.4 is 4.90 Å². The van der Waals surface area contributed by atoms with E-state index in [2.05, 4.69) is 79.7 Å². The maximum atomic E-state index is 2.21. The molecule has 0 saturated heterocycles. The molecule has 0 atom stereocenters. The molecule has 0 aromatic heterocycles. The first-order valence-corrected chi connectivity index (χ1v) is 5.56. The summed E-state index contributed by atoms with van der Waals surface area (Å²) < 4.78 is 0. The fourth-order valence-electron chi connectivity index (χ4n) is 1.78. The topological polar surface area (TPSA) is 3.24 Å². The molecular weight excluding hydrogens is 194 g/mol. The summed E-state index contributed by atoms with van der Waals surface area (Å²) in [5.41, 5.74) is 2.57. The third kappa shape index (κ3) is 2.43. The molecule has 0 N–H and O–H groups in total. The molecular formula is C15H17N. The van der Waals surface area contributed by atoms with E-state index in [4.69, 9.17) is 0 Å². The average molecular weight is 211 g/mol. The predicted octanol–water partition coefficient (Wildman–Crippen LogP) is 3.52. The third-order valence-corrected chi connectivity index (χ3v) is 2.76. The summed E-state index contributed by atoms with van der Waals surface area (Å²) in [4.78, 5) is 2.12. The van der Waals surface area contributed by atoms with Gasteiger partial charge in [0.05, 0.1) is 0 Å². The molecule has 82 valence electrons. The van der Waals surface area contributed by atoms with E-state index >= 15 is 0 Å². The van der Waals surface area contributed by atoms with Gasteiger partial charge in [-0.15, -0.1) is 0 Å². The molecule has 0 radical (unpaired) electrons. The van der Waals surface area contributed by atoms with Crippen molar-refractivity contribution < 1.29 is 0 Å². The van der Waals surface area contributed by atoms with Crippen LogP contribution in [0.1, 0.15) is 11.5 Å². The summed E-state index contributed by atoms with van der Waals surface area (Å²) in [6.07, 6.45) is 12.7. The molecule has 0 spiro atoms. The van der Waals surface area contributed by atoms with Crippen LogP contribution in [0.15, 0.2) is 60.7 Å². The molecule has 16 heavy (non-hydrogen) atoms. The molecule has 1 aromatic rings. The quantitative estimate of drug-likeness (QED) is 0.723. The Hall–Kier alpha value is -1.76. The third-order valence-electron chi connectivity index (χ3n) is 2.76. The van der Waals surface area contributed by atoms with Gasteiger partial charge in [0.15, 0.2) is 0 Å². The Balaban J connectivity index is 2.21. The van der Waals surface area contributed by atoms with Crippen LogP contribution in [0.3, 0.4) is 0 Å². The summed E-state index contributed by atoms with van der Waals surface area (Å²) in [5, 5.41) is 0. The number of nitrogens with zero attached hydrogens (tertiary/aromatic N) is 1. The van der Waals surface area contributed by atoms with E-state index in [9.17, 15) is 0 Å². The Kier molecular flexibility index (Phi) is 3.25. The maximum Gasteiger partial charge on any atom is 0.0361 e. The number of benzene rings is 1. The van der Waals surface area contributed by atoms with Gasteiger partial charge in [-0.3, -0.25) is 0 Å². The van der Waals surface area contributed by atoms with E-state index in [1.54, 1.807) is 0 Å². The number of rotatable bonds is 2. The summed E-state index contributed by atoms with van der Waals surface area (Å²) in [7, 11) is 4.12. The Morgan fingerprint density at radius 3 is 1.88 bits per heavy atom. The molecule has 0 heterocycles. The first kappa shape index (κ1) is 10.7. The molecule has 1 aliphatic rings. The van der Waals surface area contributed by atoms with Crippen molar-refractivity contribution in [3.8, 4) is 0 Å². The van der Waals surface area contributed by atoms with Crippen molar-refractivity contribution in [3.05, 3.63) is 66.3 Å². The monoisotopic (exact) mass is 211 g/mol. The molecule has 1 heteroatoms. The molecule has 1 aromatic carbocycles. The minimum Gasteiger partial charge on any atom is -0.378 e. The summed E-state index contributed by atoms with van der Waals surface area (Å²) >= 11 is 0. The minimum atomic E-state index is 0.395. The molecule has 0 saturated carbocycles. The van der Waals surface area contributed by atoms with Crippen molar-refractivity contribution in [2.75, 3.05) is 19.0 Å². The van der Waals surface area contributed by atoms with Gasteiger partial charge in [0.2, 0.25) is 0 Å². The van der Waals surface area contributed by atoms with Crippen LogP contribution >= 0.6 is 0 Å². The van der Waals surface area contributed by atoms with Crippen LogP contribution in [0.2, 0.25) is 0 Å². The first-order valence-electron chi connectivity index (χ1n) is 5.56. The Labute approximate surface area is 97.4 Å². The van der Waals surface area contributed by atoms with Gasteiger partial charge < -0.3 is 4.90 Å². The van der Waals surface area contributed by atoms with Crippen molar-refractivity contribution in [2.24, 2.45) is 0 Å². The molecule has 0 aliphatic heterocycles. The summed E-state index contributed by atoms with van der Waals surface area (Å²) in [6, 6.07) is 8.71. The normalized spacial score (nSPS) is 15.1. The summed E-state index contributed by atoms with van der Waals surface area (Å²) in [6.45, 7) is 0. The van der Waals surface area contributed by atoms with Crippen molar-refractivity contribution in [1.82, 2.24) is 0 Å². The fraction of sp³-hybridized carbons (Fsp3) is 0.200. The van der Waals surface area contributed by atoms with E-state index in [0.29, 0.717) is 5.92 Å². The van der Waals surface area contributed by atoms with Crippen molar-refractivity contribution in [2.45, 2.75) is 5.92 Å². The lowest BCUT2D eigenvalue weighted by Crippen LogP contribution is -2.08. The second kappa shape index (κ2) is 4.84. The van der Waals surface area contributed by atoms with Gasteiger partial charge in [0.25, 0.3) is 0 Å². The zero-order valence-electron chi connectivity index (χ0n) is 9.80. The maximum absolute atomic E-state index is 2.21. The van der Waals surface area contributed by atoms with E-state index in [0.717, 1.165) is 0 Å². The highest BCUT2D eigenvalue weighted by molar-refractivity contribution is 5.48. The highest BCUT2D eigenvalue weighted by Gasteiger charge is 2.04. The van der Waals surface area contributed by atoms with Crippen molar-refractivity contribution in [3.63, 3.8) is 0 Å². The SMILES string of the molecule is CN(C)c1ccc(C2C=CC=CC=C2)cc1. The van der Waals surface area contributed by atoms with E-state index in [1.165, 1.54) is 11.3 Å². The van der Waals surface area contributed by atoms with Gasteiger partial charge in [-0.1, -0.05) is 48.6 Å². The largest absolute Gasteiger partial charge is 0.378 e. The number of anilines is 1. The predicted molar refractivity (Wildman–Crippen MR) is 70.9 cm³/mol. The van der Waals surface area contributed by atoms with Crippen LogP contribution in [0.4, 0.5) is 5.69 Å². The van der Waals surface area contributed by atoms with Gasteiger partial charge >= 0.3 is 0 Å². The number of allylic oxidation sites excluding steroid dienone is 6. The molecule has 0 amide bonds. The molecule has 0 bridgehead atoms. The lowest BCUT2D eigenvalue weighted by Gasteiger charge is -2.14. The standard InChI is InChI=1S/C15H17N/c1-16(2)15-11-9-14(10-12-15)13-7-5-3-4-6-8-13/h3-13H,1-2H3. The molecule has 0 fully saturated rings. The number of hydrogen-bond acceptors (Lipinski definition) is 1. The van der Waals surface area contributed by atoms with Crippen LogP contribution in [0, 0.1) is 0 Å². The van der Waals surface area contributed by atoms with Crippen LogP contribution in [-0.4, -0.2) is 14.1 Å². The van der Waals surface area contributed by atoms with E-state index < -0.39 is 0 Å². The molecule has 1 aliphatic carbocycles. The van der Waals surface area contributed by atoms with Crippen LogP contribution in [-0.2, 0) is 0 Å². The Bertz CT molecular complexity index is 405. The van der Waals surface area contributed by atoms with Crippen molar-refractivity contribution >= 4 is 5.69 Å². The first-order chi connectivity index (χ1) is 7.77. The van der Waals surface area contributed by atoms with Gasteiger partial charge in [0, 0.05) is 25.7 Å². The minimum absolute atomic E-state index is 0.395.